The minimum Gasteiger partial charge on any atom is -0.299 e. The first-order valence-electron chi connectivity index (χ1n) is 5.44. The molecule has 0 amide bonds. The van der Waals surface area contributed by atoms with Crippen LogP contribution in [0.2, 0.25) is 0 Å². The van der Waals surface area contributed by atoms with Gasteiger partial charge in [-0.15, -0.1) is 0 Å². The van der Waals surface area contributed by atoms with Crippen LogP contribution in [0.15, 0.2) is 12.2 Å². The lowest BCUT2D eigenvalue weighted by Crippen LogP contribution is -2.44. The van der Waals surface area contributed by atoms with Crippen LogP contribution in [0.3, 0.4) is 0 Å². The molecular formula is C12H16O. The van der Waals surface area contributed by atoms with Gasteiger partial charge in [-0.1, -0.05) is 25.5 Å². The molecule has 3 rings (SSSR count). The van der Waals surface area contributed by atoms with Crippen LogP contribution in [0.4, 0.5) is 0 Å². The number of Topliss-reactive ketones (excluding diaryl/α,β-unsaturated/α-hetero) is 1. The molecule has 3 aliphatic rings. The number of hydrogen-bond acceptors (Lipinski definition) is 1. The number of allylic oxidation sites excluding steroid dienone is 2. The van der Waals surface area contributed by atoms with Crippen molar-refractivity contribution >= 4 is 5.78 Å². The van der Waals surface area contributed by atoms with Gasteiger partial charge >= 0.3 is 0 Å². The van der Waals surface area contributed by atoms with Gasteiger partial charge in [0.1, 0.15) is 5.78 Å². The van der Waals surface area contributed by atoms with Gasteiger partial charge in [0.15, 0.2) is 0 Å². The van der Waals surface area contributed by atoms with Crippen molar-refractivity contribution in [2.45, 2.75) is 32.6 Å². The summed E-state index contributed by atoms with van der Waals surface area (Å²) in [6.45, 7) is 2.27. The van der Waals surface area contributed by atoms with E-state index in [1.54, 1.807) is 0 Å². The maximum atomic E-state index is 12.0. The Labute approximate surface area is 79.2 Å². The van der Waals surface area contributed by atoms with Gasteiger partial charge in [0.05, 0.1) is 0 Å². The summed E-state index contributed by atoms with van der Waals surface area (Å²) in [7, 11) is 0. The summed E-state index contributed by atoms with van der Waals surface area (Å²) in [6, 6.07) is 0. The fourth-order valence-corrected chi connectivity index (χ4v) is 3.69. The van der Waals surface area contributed by atoms with Gasteiger partial charge in [-0.2, -0.15) is 0 Å². The Hall–Kier alpha value is -0.590. The molecule has 13 heavy (non-hydrogen) atoms. The lowest BCUT2D eigenvalue weighted by Gasteiger charge is -2.44. The van der Waals surface area contributed by atoms with Gasteiger partial charge < -0.3 is 0 Å². The molecule has 0 N–H and O–H groups in total. The van der Waals surface area contributed by atoms with E-state index in [4.69, 9.17) is 0 Å². The summed E-state index contributed by atoms with van der Waals surface area (Å²) in [4.78, 5) is 12.0. The molecule has 4 bridgehead atoms. The molecule has 0 aromatic rings. The number of rotatable bonds is 0. The molecule has 0 saturated heterocycles. The second-order valence-electron chi connectivity index (χ2n) is 5.23. The number of ketones is 1. The van der Waals surface area contributed by atoms with Crippen molar-refractivity contribution in [1.29, 1.82) is 0 Å². The number of fused-ring (bicyclic) bond motifs is 6. The zero-order valence-electron chi connectivity index (χ0n) is 8.12. The van der Waals surface area contributed by atoms with Gasteiger partial charge in [0.25, 0.3) is 0 Å². The van der Waals surface area contributed by atoms with Gasteiger partial charge in [-0.25, -0.2) is 0 Å². The molecule has 1 nitrogen and oxygen atoms in total. The summed E-state index contributed by atoms with van der Waals surface area (Å²) in [5, 5.41) is 0. The van der Waals surface area contributed by atoms with Crippen LogP contribution < -0.4 is 0 Å². The standard InChI is InChI=1S/C12H16O/c1-12-6-5-8(7-12)9-3-2-4-10(12)11(9)13/h5-6,8-10H,2-4,7H2,1H3/t8-,9+,10+,12+/m0/s1. The van der Waals surface area contributed by atoms with Crippen LogP contribution in [-0.4, -0.2) is 5.78 Å². The zero-order chi connectivity index (χ0) is 9.05. The highest BCUT2D eigenvalue weighted by atomic mass is 16.1. The molecule has 0 aliphatic heterocycles. The Kier molecular flexibility index (Phi) is 1.35. The van der Waals surface area contributed by atoms with E-state index in [2.05, 4.69) is 19.1 Å². The third-order valence-electron chi connectivity index (χ3n) is 4.43. The van der Waals surface area contributed by atoms with Crippen LogP contribution in [0.1, 0.15) is 32.6 Å². The Morgan fingerprint density at radius 2 is 2.31 bits per heavy atom. The molecule has 0 heterocycles. The van der Waals surface area contributed by atoms with Crippen molar-refractivity contribution in [2.24, 2.45) is 23.2 Å². The largest absolute Gasteiger partial charge is 0.299 e. The van der Waals surface area contributed by atoms with Gasteiger partial charge in [-0.3, -0.25) is 4.79 Å². The van der Waals surface area contributed by atoms with E-state index in [1.165, 1.54) is 12.8 Å². The van der Waals surface area contributed by atoms with Crippen molar-refractivity contribution in [1.82, 2.24) is 0 Å². The Bertz CT molecular complexity index is 291. The highest BCUT2D eigenvalue weighted by Gasteiger charge is 2.52. The topological polar surface area (TPSA) is 17.1 Å². The van der Waals surface area contributed by atoms with Crippen LogP contribution in [0.25, 0.3) is 0 Å². The third kappa shape index (κ3) is 0.853. The van der Waals surface area contributed by atoms with E-state index in [1.807, 2.05) is 0 Å². The van der Waals surface area contributed by atoms with Crippen molar-refractivity contribution in [3.05, 3.63) is 12.2 Å². The van der Waals surface area contributed by atoms with Gasteiger partial charge in [-0.05, 0) is 30.6 Å². The molecule has 0 aromatic carbocycles. The molecule has 0 unspecified atom stereocenters. The van der Waals surface area contributed by atoms with E-state index in [9.17, 15) is 4.79 Å². The normalized spacial score (nSPS) is 52.7. The van der Waals surface area contributed by atoms with E-state index >= 15 is 0 Å². The Balaban J connectivity index is 2.07. The lowest BCUT2D eigenvalue weighted by molar-refractivity contribution is -0.138. The molecule has 0 spiro atoms. The van der Waals surface area contributed by atoms with E-state index < -0.39 is 0 Å². The molecule has 0 aromatic heterocycles. The average Bonchev–Trinajstić information content (AvgIpc) is 2.45. The molecule has 1 heteroatoms. The van der Waals surface area contributed by atoms with Crippen LogP contribution in [0.5, 0.6) is 0 Å². The highest BCUT2D eigenvalue weighted by molar-refractivity contribution is 5.87. The minimum atomic E-state index is 0.235. The number of hydrogen-bond donors (Lipinski definition) is 0. The molecule has 70 valence electrons. The van der Waals surface area contributed by atoms with E-state index in [0.29, 0.717) is 23.5 Å². The maximum absolute atomic E-state index is 12.0. The Morgan fingerprint density at radius 1 is 1.46 bits per heavy atom. The highest BCUT2D eigenvalue weighted by Crippen LogP contribution is 2.55. The predicted octanol–water partition coefficient (Wildman–Crippen LogP) is 2.57. The first kappa shape index (κ1) is 7.78. The molecule has 2 fully saturated rings. The monoisotopic (exact) mass is 176 g/mol. The smallest absolute Gasteiger partial charge is 0.140 e. The van der Waals surface area contributed by atoms with Crippen molar-refractivity contribution < 1.29 is 4.79 Å². The molecule has 0 radical (unpaired) electrons. The van der Waals surface area contributed by atoms with Crippen molar-refractivity contribution in [3.8, 4) is 0 Å². The van der Waals surface area contributed by atoms with Crippen LogP contribution >= 0.6 is 0 Å². The van der Waals surface area contributed by atoms with Crippen molar-refractivity contribution in [2.75, 3.05) is 0 Å². The number of carbonyl (C=O) groups is 1. The summed E-state index contributed by atoms with van der Waals surface area (Å²) < 4.78 is 0. The summed E-state index contributed by atoms with van der Waals surface area (Å²) >= 11 is 0. The van der Waals surface area contributed by atoms with Crippen LogP contribution in [-0.2, 0) is 4.79 Å². The Morgan fingerprint density at radius 3 is 3.15 bits per heavy atom. The first-order chi connectivity index (χ1) is 6.21. The number of carbonyl (C=O) groups excluding carboxylic acids is 1. The summed E-state index contributed by atoms with van der Waals surface area (Å²) in [5.41, 5.74) is 0.235. The van der Waals surface area contributed by atoms with Gasteiger partial charge in [0.2, 0.25) is 0 Å². The maximum Gasteiger partial charge on any atom is 0.140 e. The summed E-state index contributed by atoms with van der Waals surface area (Å²) in [5.74, 6) is 1.93. The molecule has 2 saturated carbocycles. The molecular weight excluding hydrogens is 160 g/mol. The molecule has 4 atom stereocenters. The van der Waals surface area contributed by atoms with Crippen molar-refractivity contribution in [3.63, 3.8) is 0 Å². The first-order valence-corrected chi connectivity index (χ1v) is 5.44. The SMILES string of the molecule is C[C@@]12C=C[C@@H](C1)[C@H]1CCC[C@@H]2C1=O. The van der Waals surface area contributed by atoms with Gasteiger partial charge in [0, 0.05) is 11.8 Å². The minimum absolute atomic E-state index is 0.235. The fourth-order valence-electron chi connectivity index (χ4n) is 3.69. The quantitative estimate of drug-likeness (QED) is 0.518. The predicted molar refractivity (Wildman–Crippen MR) is 51.2 cm³/mol. The molecule has 3 aliphatic carbocycles. The zero-order valence-corrected chi connectivity index (χ0v) is 8.12. The lowest BCUT2D eigenvalue weighted by atomic mass is 9.58. The second-order valence-corrected chi connectivity index (χ2v) is 5.23. The second kappa shape index (κ2) is 2.26. The van der Waals surface area contributed by atoms with Crippen LogP contribution in [0, 0.1) is 23.2 Å². The summed E-state index contributed by atoms with van der Waals surface area (Å²) in [6.07, 6.45) is 9.45. The average molecular weight is 176 g/mol. The van der Waals surface area contributed by atoms with E-state index in [-0.39, 0.29) is 5.41 Å². The third-order valence-corrected chi connectivity index (χ3v) is 4.43. The fraction of sp³-hybridized carbons (Fsp3) is 0.750. The van der Waals surface area contributed by atoms with E-state index in [0.717, 1.165) is 12.8 Å².